The van der Waals surface area contributed by atoms with Crippen molar-refractivity contribution in [1.82, 2.24) is 14.9 Å². The molecule has 0 spiro atoms. The van der Waals surface area contributed by atoms with E-state index >= 15 is 0 Å². The highest BCUT2D eigenvalue weighted by Gasteiger charge is 2.20. The largest absolute Gasteiger partial charge is 0.383 e. The maximum atomic E-state index is 9.47. The van der Waals surface area contributed by atoms with Crippen molar-refractivity contribution < 1.29 is 0 Å². The number of nitrogens with one attached hydrogen (secondary N) is 1. The number of rotatable bonds is 6. The summed E-state index contributed by atoms with van der Waals surface area (Å²) >= 11 is 1.77. The minimum atomic E-state index is 0.617. The summed E-state index contributed by atoms with van der Waals surface area (Å²) in [5, 5.41) is 17.5. The van der Waals surface area contributed by atoms with Crippen LogP contribution in [-0.4, -0.2) is 34.5 Å². The number of aromatic nitrogens is 2. The molecule has 0 amide bonds. The fraction of sp³-hybridized carbons (Fsp3) is 0.409. The number of piperidine rings is 1. The predicted octanol–water partition coefficient (Wildman–Crippen LogP) is 4.45. The second kappa shape index (κ2) is 8.68. The lowest BCUT2D eigenvalue weighted by Crippen LogP contribution is -2.35. The molecule has 0 atom stereocenters. The smallest absolute Gasteiger partial charge is 0.103 e. The summed E-state index contributed by atoms with van der Waals surface area (Å²) in [7, 11) is 0. The number of fused-ring (bicyclic) bond motifs is 1. The van der Waals surface area contributed by atoms with Gasteiger partial charge >= 0.3 is 0 Å². The third kappa shape index (κ3) is 4.16. The summed E-state index contributed by atoms with van der Waals surface area (Å²) in [6.07, 6.45) is 5.03. The molecule has 0 unspecified atom stereocenters. The van der Waals surface area contributed by atoms with Gasteiger partial charge in [-0.2, -0.15) is 5.26 Å². The lowest BCUT2D eigenvalue weighted by atomic mass is 9.96. The zero-order chi connectivity index (χ0) is 19.3. The van der Waals surface area contributed by atoms with Crippen molar-refractivity contribution in [3.05, 3.63) is 52.1 Å². The van der Waals surface area contributed by atoms with Crippen molar-refractivity contribution in [3.63, 3.8) is 0 Å². The van der Waals surface area contributed by atoms with Gasteiger partial charge in [0.25, 0.3) is 0 Å². The number of thiazole rings is 1. The molecule has 0 aliphatic carbocycles. The van der Waals surface area contributed by atoms with Crippen LogP contribution in [0.3, 0.4) is 0 Å². The van der Waals surface area contributed by atoms with E-state index in [1.54, 1.807) is 17.5 Å². The summed E-state index contributed by atoms with van der Waals surface area (Å²) < 4.78 is 0. The molecule has 0 saturated carbocycles. The van der Waals surface area contributed by atoms with Crippen LogP contribution in [0.4, 0.5) is 5.69 Å². The number of nitrogens with zero attached hydrogens (tertiary/aromatic N) is 4. The fourth-order valence-corrected chi connectivity index (χ4v) is 4.56. The van der Waals surface area contributed by atoms with E-state index in [4.69, 9.17) is 4.98 Å². The number of pyridine rings is 1. The van der Waals surface area contributed by atoms with Gasteiger partial charge in [0.2, 0.25) is 0 Å². The van der Waals surface area contributed by atoms with Crippen LogP contribution < -0.4 is 5.32 Å². The SMILES string of the molecule is CCc1nc(CN2CCC(CNc3c(C#N)cnc4ccccc34)CC2)cs1. The molecule has 1 aliphatic heterocycles. The molecule has 2 aromatic heterocycles. The van der Waals surface area contributed by atoms with Crippen LogP contribution in [0.1, 0.15) is 36.0 Å². The van der Waals surface area contributed by atoms with Crippen molar-refractivity contribution in [1.29, 1.82) is 5.26 Å². The first-order chi connectivity index (χ1) is 13.8. The molecule has 5 nitrogen and oxygen atoms in total. The van der Waals surface area contributed by atoms with E-state index in [2.05, 4.69) is 33.6 Å². The van der Waals surface area contributed by atoms with Crippen LogP contribution in [0, 0.1) is 17.2 Å². The third-order valence-corrected chi connectivity index (χ3v) is 6.50. The van der Waals surface area contributed by atoms with Crippen LogP contribution in [0.15, 0.2) is 35.8 Å². The Bertz CT molecular complexity index is 982. The van der Waals surface area contributed by atoms with E-state index in [1.807, 2.05) is 24.3 Å². The Kier molecular flexibility index (Phi) is 5.84. The van der Waals surface area contributed by atoms with E-state index in [-0.39, 0.29) is 0 Å². The Labute approximate surface area is 170 Å². The maximum Gasteiger partial charge on any atom is 0.103 e. The average molecular weight is 392 g/mol. The van der Waals surface area contributed by atoms with Gasteiger partial charge in [-0.3, -0.25) is 9.88 Å². The molecule has 1 aliphatic rings. The molecule has 6 heteroatoms. The second-order valence-corrected chi connectivity index (χ2v) is 8.31. The molecular weight excluding hydrogens is 366 g/mol. The van der Waals surface area contributed by atoms with E-state index < -0.39 is 0 Å². The van der Waals surface area contributed by atoms with Crippen molar-refractivity contribution in [3.8, 4) is 6.07 Å². The standard InChI is InChI=1S/C22H25N5S/c1-2-21-26-18(15-28-21)14-27-9-7-16(8-10-27)12-25-22-17(11-23)13-24-20-6-4-3-5-19(20)22/h3-6,13,15-16H,2,7-10,12,14H2,1H3,(H,24,25). The van der Waals surface area contributed by atoms with Crippen molar-refractivity contribution in [2.24, 2.45) is 5.92 Å². The fourth-order valence-electron chi connectivity index (χ4n) is 3.82. The molecule has 0 bridgehead atoms. The number of benzene rings is 1. The highest BCUT2D eigenvalue weighted by Crippen LogP contribution is 2.27. The molecule has 1 aromatic carbocycles. The lowest BCUT2D eigenvalue weighted by molar-refractivity contribution is 0.181. The first kappa shape index (κ1) is 18.9. The highest BCUT2D eigenvalue weighted by atomic mass is 32.1. The van der Waals surface area contributed by atoms with E-state index in [1.165, 1.54) is 23.5 Å². The summed E-state index contributed by atoms with van der Waals surface area (Å²) in [5.74, 6) is 0.622. The zero-order valence-electron chi connectivity index (χ0n) is 16.2. The molecule has 1 saturated heterocycles. The summed E-state index contributed by atoms with van der Waals surface area (Å²) in [6, 6.07) is 10.3. The van der Waals surface area contributed by atoms with Crippen LogP contribution in [0.5, 0.6) is 0 Å². The minimum absolute atomic E-state index is 0.617. The maximum absolute atomic E-state index is 9.47. The van der Waals surface area contributed by atoms with Gasteiger partial charge in [-0.1, -0.05) is 25.1 Å². The molecule has 3 aromatic rings. The Morgan fingerprint density at radius 2 is 2.11 bits per heavy atom. The van der Waals surface area contributed by atoms with Crippen LogP contribution >= 0.6 is 11.3 Å². The number of nitriles is 1. The summed E-state index contributed by atoms with van der Waals surface area (Å²) in [4.78, 5) is 11.6. The molecular formula is C22H25N5S. The topological polar surface area (TPSA) is 64.8 Å². The Balaban J connectivity index is 1.35. The third-order valence-electron chi connectivity index (χ3n) is 5.46. The average Bonchev–Trinajstić information content (AvgIpc) is 3.20. The van der Waals surface area contributed by atoms with Gasteiger partial charge in [-0.05, 0) is 44.3 Å². The Morgan fingerprint density at radius 3 is 2.86 bits per heavy atom. The van der Waals surface area contributed by atoms with Crippen molar-refractivity contribution in [2.45, 2.75) is 32.7 Å². The number of anilines is 1. The molecule has 144 valence electrons. The Morgan fingerprint density at radius 1 is 1.29 bits per heavy atom. The van der Waals surface area contributed by atoms with Gasteiger partial charge in [0.1, 0.15) is 6.07 Å². The molecule has 0 radical (unpaired) electrons. The number of aryl methyl sites for hydroxylation is 1. The van der Waals surface area contributed by atoms with E-state index in [0.717, 1.165) is 49.2 Å². The van der Waals surface area contributed by atoms with Gasteiger partial charge in [0.15, 0.2) is 0 Å². The van der Waals surface area contributed by atoms with E-state index in [0.29, 0.717) is 11.5 Å². The van der Waals surface area contributed by atoms with Gasteiger partial charge in [0.05, 0.1) is 27.5 Å². The number of hydrogen-bond donors (Lipinski definition) is 1. The molecule has 4 rings (SSSR count). The summed E-state index contributed by atoms with van der Waals surface area (Å²) in [5.41, 5.74) is 3.67. The normalized spacial score (nSPS) is 15.6. The lowest BCUT2D eigenvalue weighted by Gasteiger charge is -2.31. The van der Waals surface area contributed by atoms with Gasteiger partial charge in [-0.15, -0.1) is 11.3 Å². The first-order valence-electron chi connectivity index (χ1n) is 9.94. The van der Waals surface area contributed by atoms with Crippen molar-refractivity contribution >= 4 is 27.9 Å². The number of likely N-dealkylation sites (tertiary alicyclic amines) is 1. The summed E-state index contributed by atoms with van der Waals surface area (Å²) in [6.45, 7) is 6.23. The first-order valence-corrected chi connectivity index (χ1v) is 10.8. The van der Waals surface area contributed by atoms with Gasteiger partial charge < -0.3 is 5.32 Å². The van der Waals surface area contributed by atoms with Crippen LogP contribution in [-0.2, 0) is 13.0 Å². The second-order valence-electron chi connectivity index (χ2n) is 7.36. The molecule has 1 N–H and O–H groups in total. The number of hydrogen-bond acceptors (Lipinski definition) is 6. The minimum Gasteiger partial charge on any atom is -0.383 e. The molecule has 28 heavy (non-hydrogen) atoms. The monoisotopic (exact) mass is 391 g/mol. The zero-order valence-corrected chi connectivity index (χ0v) is 17.0. The predicted molar refractivity (Wildman–Crippen MR) is 114 cm³/mol. The number of para-hydroxylation sites is 1. The molecule has 1 fully saturated rings. The molecule has 3 heterocycles. The van der Waals surface area contributed by atoms with Gasteiger partial charge in [0, 0.05) is 30.1 Å². The highest BCUT2D eigenvalue weighted by molar-refractivity contribution is 7.09. The van der Waals surface area contributed by atoms with Crippen molar-refractivity contribution in [2.75, 3.05) is 25.0 Å². The quantitative estimate of drug-likeness (QED) is 0.672. The van der Waals surface area contributed by atoms with E-state index in [9.17, 15) is 5.26 Å². The van der Waals surface area contributed by atoms with Crippen LogP contribution in [0.25, 0.3) is 10.9 Å². The van der Waals surface area contributed by atoms with Gasteiger partial charge in [-0.25, -0.2) is 4.98 Å². The Hall–Kier alpha value is -2.49. The van der Waals surface area contributed by atoms with Crippen LogP contribution in [0.2, 0.25) is 0 Å².